The molecule has 3 heterocycles. The number of fused-ring (bicyclic) bond motifs is 3. The quantitative estimate of drug-likeness (QED) is 0.485. The molecule has 0 saturated carbocycles. The van der Waals surface area contributed by atoms with Gasteiger partial charge in [-0.1, -0.05) is 10.8 Å². The van der Waals surface area contributed by atoms with Gasteiger partial charge < -0.3 is 0 Å². The minimum atomic E-state index is 0.678. The Morgan fingerprint density at radius 3 is 3.13 bits per heavy atom. The Morgan fingerprint density at radius 2 is 2.27 bits per heavy atom. The number of hydrogen-bond donors (Lipinski definition) is 0. The lowest BCUT2D eigenvalue weighted by Crippen LogP contribution is -2.55. The molecule has 0 bridgehead atoms. The van der Waals surface area contributed by atoms with Crippen molar-refractivity contribution < 1.29 is 9.47 Å². The molecule has 15 heavy (non-hydrogen) atoms. The zero-order chi connectivity index (χ0) is 10.3. The van der Waals surface area contributed by atoms with Crippen molar-refractivity contribution in [1.82, 2.24) is 0 Å². The van der Waals surface area contributed by atoms with Crippen LogP contribution in [0, 0.1) is 0 Å². The van der Waals surface area contributed by atoms with Crippen molar-refractivity contribution in [3.05, 3.63) is 53.5 Å². The van der Waals surface area contributed by atoms with Crippen LogP contribution < -0.4 is 9.69 Å². The summed E-state index contributed by atoms with van der Waals surface area (Å²) in [6.07, 6.45) is 7.84. The minimum Gasteiger partial charge on any atom is -0.298 e. The van der Waals surface area contributed by atoms with E-state index >= 15 is 0 Å². The molecule has 2 aliphatic heterocycles. The predicted octanol–water partition coefficient (Wildman–Crippen LogP) is 0.491. The average molecular weight is 199 g/mol. The fourth-order valence-corrected chi connectivity index (χ4v) is 2.09. The van der Waals surface area contributed by atoms with Crippen molar-refractivity contribution in [2.24, 2.45) is 0 Å². The van der Waals surface area contributed by atoms with E-state index in [9.17, 15) is 4.79 Å². The van der Waals surface area contributed by atoms with Crippen LogP contribution >= 0.6 is 0 Å². The lowest BCUT2D eigenvalue weighted by molar-refractivity contribution is -0.684. The molecule has 0 aliphatic carbocycles. The second-order valence-corrected chi connectivity index (χ2v) is 3.79. The van der Waals surface area contributed by atoms with Crippen LogP contribution in [0.5, 0.6) is 0 Å². The average Bonchev–Trinajstić information content (AvgIpc) is 2.66. The topological polar surface area (TPSA) is 24.2 Å². The first-order chi connectivity index (χ1) is 7.38. The van der Waals surface area contributed by atoms with Gasteiger partial charge >= 0.3 is 0 Å². The SMILES string of the molecule is O=CC1=CC=C2Cc3cccc[n+]3N2C1. The van der Waals surface area contributed by atoms with Gasteiger partial charge in [0.05, 0.1) is 12.1 Å². The highest BCUT2D eigenvalue weighted by molar-refractivity contribution is 5.76. The van der Waals surface area contributed by atoms with Gasteiger partial charge in [0.25, 0.3) is 0 Å². The third kappa shape index (κ3) is 1.20. The van der Waals surface area contributed by atoms with Gasteiger partial charge in [-0.25, -0.2) is 0 Å². The van der Waals surface area contributed by atoms with Crippen LogP contribution in [0.2, 0.25) is 0 Å². The summed E-state index contributed by atoms with van der Waals surface area (Å²) < 4.78 is 2.11. The Balaban J connectivity index is 2.05. The molecule has 3 rings (SSSR count). The second kappa shape index (κ2) is 3.05. The fraction of sp³-hybridized carbons (Fsp3) is 0.167. The molecule has 0 unspecified atom stereocenters. The Hall–Kier alpha value is -1.90. The van der Waals surface area contributed by atoms with E-state index in [1.807, 2.05) is 30.5 Å². The zero-order valence-corrected chi connectivity index (χ0v) is 8.26. The van der Waals surface area contributed by atoms with Gasteiger partial charge in [0.1, 0.15) is 12.8 Å². The summed E-state index contributed by atoms with van der Waals surface area (Å²) in [5.74, 6) is 0. The standard InChI is InChI=1S/C12H11N2O/c15-9-10-4-5-12-7-11-3-1-2-6-13(11)14(12)8-10/h1-6,9H,7-8H2/q+1. The summed E-state index contributed by atoms with van der Waals surface area (Å²) in [5.41, 5.74) is 3.35. The first-order valence-corrected chi connectivity index (χ1v) is 5.01. The van der Waals surface area contributed by atoms with E-state index in [0.717, 1.165) is 18.3 Å². The van der Waals surface area contributed by atoms with E-state index in [0.29, 0.717) is 6.54 Å². The summed E-state index contributed by atoms with van der Waals surface area (Å²) in [6, 6.07) is 6.16. The van der Waals surface area contributed by atoms with Crippen molar-refractivity contribution in [1.29, 1.82) is 0 Å². The van der Waals surface area contributed by atoms with Crippen LogP contribution in [-0.2, 0) is 11.2 Å². The van der Waals surface area contributed by atoms with Gasteiger partial charge in [0.2, 0.25) is 5.69 Å². The van der Waals surface area contributed by atoms with Crippen molar-refractivity contribution in [2.75, 3.05) is 11.6 Å². The summed E-state index contributed by atoms with van der Waals surface area (Å²) >= 11 is 0. The Kier molecular flexibility index (Phi) is 1.71. The highest BCUT2D eigenvalue weighted by atomic mass is 16.1. The summed E-state index contributed by atoms with van der Waals surface area (Å²) in [4.78, 5) is 10.7. The highest BCUT2D eigenvalue weighted by Crippen LogP contribution is 2.18. The van der Waals surface area contributed by atoms with Crippen LogP contribution in [0.3, 0.4) is 0 Å². The minimum absolute atomic E-state index is 0.678. The molecule has 1 aromatic rings. The molecular weight excluding hydrogens is 188 g/mol. The van der Waals surface area contributed by atoms with Crippen LogP contribution in [0.25, 0.3) is 0 Å². The molecule has 0 aromatic carbocycles. The smallest absolute Gasteiger partial charge is 0.218 e. The lowest BCUT2D eigenvalue weighted by atomic mass is 10.1. The second-order valence-electron chi connectivity index (χ2n) is 3.79. The number of aldehydes is 1. The Morgan fingerprint density at radius 1 is 1.33 bits per heavy atom. The van der Waals surface area contributed by atoms with Gasteiger partial charge in [-0.3, -0.25) is 4.79 Å². The van der Waals surface area contributed by atoms with Crippen molar-refractivity contribution in [2.45, 2.75) is 6.42 Å². The molecule has 3 heteroatoms. The molecule has 0 fully saturated rings. The molecule has 0 radical (unpaired) electrons. The molecule has 74 valence electrons. The maximum atomic E-state index is 10.7. The third-order valence-electron chi connectivity index (χ3n) is 2.85. The van der Waals surface area contributed by atoms with Crippen LogP contribution in [0.15, 0.2) is 47.8 Å². The third-order valence-corrected chi connectivity index (χ3v) is 2.85. The van der Waals surface area contributed by atoms with Crippen LogP contribution in [0.1, 0.15) is 5.69 Å². The molecule has 1 aromatic heterocycles. The predicted molar refractivity (Wildman–Crippen MR) is 55.7 cm³/mol. The van der Waals surface area contributed by atoms with E-state index in [4.69, 9.17) is 0 Å². The number of carbonyl (C=O) groups excluding carboxylic acids is 1. The number of aromatic nitrogens is 1. The summed E-state index contributed by atoms with van der Waals surface area (Å²) in [5, 5.41) is 2.14. The molecule has 0 saturated heterocycles. The van der Waals surface area contributed by atoms with Gasteiger partial charge in [0.15, 0.2) is 6.20 Å². The summed E-state index contributed by atoms with van der Waals surface area (Å²) in [6.45, 7) is 0.678. The van der Waals surface area contributed by atoms with E-state index < -0.39 is 0 Å². The monoisotopic (exact) mass is 199 g/mol. The molecule has 3 nitrogen and oxygen atoms in total. The number of hydrogen-bond acceptors (Lipinski definition) is 2. The van der Waals surface area contributed by atoms with Gasteiger partial charge in [-0.05, 0) is 12.1 Å². The van der Waals surface area contributed by atoms with Gasteiger partial charge in [0, 0.05) is 17.7 Å². The zero-order valence-electron chi connectivity index (χ0n) is 8.26. The highest BCUT2D eigenvalue weighted by Gasteiger charge is 2.33. The van der Waals surface area contributed by atoms with Crippen molar-refractivity contribution in [3.63, 3.8) is 0 Å². The Bertz CT molecular complexity index is 488. The largest absolute Gasteiger partial charge is 0.298 e. The maximum absolute atomic E-state index is 10.7. The Labute approximate surface area is 87.9 Å². The summed E-state index contributed by atoms with van der Waals surface area (Å²) in [7, 11) is 0. The molecule has 0 N–H and O–H groups in total. The lowest BCUT2D eigenvalue weighted by Gasteiger charge is -2.16. The molecular formula is C12H11N2O+. The first kappa shape index (κ1) is 8.41. The van der Waals surface area contributed by atoms with Gasteiger partial charge in [-0.15, -0.1) is 5.01 Å². The number of rotatable bonds is 1. The van der Waals surface area contributed by atoms with Crippen molar-refractivity contribution in [3.8, 4) is 0 Å². The van der Waals surface area contributed by atoms with E-state index in [-0.39, 0.29) is 0 Å². The molecule has 0 atom stereocenters. The number of carbonyl (C=O) groups is 1. The maximum Gasteiger partial charge on any atom is 0.218 e. The van der Waals surface area contributed by atoms with E-state index in [2.05, 4.69) is 15.8 Å². The van der Waals surface area contributed by atoms with Crippen molar-refractivity contribution >= 4 is 6.29 Å². The molecule has 2 aliphatic rings. The van der Waals surface area contributed by atoms with Crippen LogP contribution in [-0.4, -0.2) is 12.8 Å². The van der Waals surface area contributed by atoms with Crippen LogP contribution in [0.4, 0.5) is 0 Å². The van der Waals surface area contributed by atoms with E-state index in [1.165, 1.54) is 11.4 Å². The number of allylic oxidation sites excluding steroid dienone is 3. The molecule has 0 amide bonds. The van der Waals surface area contributed by atoms with E-state index in [1.54, 1.807) is 0 Å². The molecule has 0 spiro atoms. The van der Waals surface area contributed by atoms with Gasteiger partial charge in [-0.2, -0.15) is 0 Å². The normalized spacial score (nSPS) is 17.7. The first-order valence-electron chi connectivity index (χ1n) is 5.01. The number of nitrogens with zero attached hydrogens (tertiary/aromatic N) is 2. The number of pyridine rings is 1. The fourth-order valence-electron chi connectivity index (χ4n) is 2.09.